The monoisotopic (exact) mass is 423 g/mol. The number of nitrogens with zero attached hydrogens (tertiary/aromatic N) is 3. The molecule has 0 bridgehead atoms. The van der Waals surface area contributed by atoms with Crippen LogP contribution in [0.1, 0.15) is 30.6 Å². The van der Waals surface area contributed by atoms with Gasteiger partial charge in [-0.1, -0.05) is 12.1 Å². The van der Waals surface area contributed by atoms with Crippen LogP contribution in [-0.4, -0.2) is 47.8 Å². The minimum Gasteiger partial charge on any atom is -0.324 e. The Labute approximate surface area is 169 Å². The van der Waals surface area contributed by atoms with Gasteiger partial charge in [-0.25, -0.2) is 0 Å². The molecule has 10 heteroatoms. The van der Waals surface area contributed by atoms with E-state index < -0.39 is 22.3 Å². The number of benzene rings is 1. The van der Waals surface area contributed by atoms with E-state index in [1.165, 1.54) is 18.8 Å². The molecule has 1 aliphatic heterocycles. The van der Waals surface area contributed by atoms with E-state index in [1.54, 1.807) is 4.68 Å². The maximum absolute atomic E-state index is 13.0. The van der Waals surface area contributed by atoms with Gasteiger partial charge in [0.2, 0.25) is 5.91 Å². The number of hydrogen-bond donors (Lipinski definition) is 2. The van der Waals surface area contributed by atoms with Crippen molar-refractivity contribution < 1.29 is 13.2 Å². The van der Waals surface area contributed by atoms with Crippen LogP contribution in [0.25, 0.3) is 0 Å². The lowest BCUT2D eigenvalue weighted by Crippen LogP contribution is -2.56. The molecule has 0 aliphatic carbocycles. The molecule has 28 heavy (non-hydrogen) atoms. The van der Waals surface area contributed by atoms with Crippen molar-refractivity contribution in [3.05, 3.63) is 41.7 Å². The van der Waals surface area contributed by atoms with Crippen LogP contribution >= 0.6 is 11.8 Å². The molecule has 0 spiro atoms. The number of carbonyl (C=O) groups excluding carboxylic acids is 1. The van der Waals surface area contributed by atoms with Gasteiger partial charge in [0.15, 0.2) is 0 Å². The molecule has 0 radical (unpaired) electrons. The molecule has 152 valence electrons. The smallest absolute Gasteiger partial charge is 0.280 e. The molecule has 1 aromatic heterocycles. The van der Waals surface area contributed by atoms with Crippen LogP contribution in [0.4, 0.5) is 5.69 Å². The second-order valence-electron chi connectivity index (χ2n) is 6.66. The first-order valence-electron chi connectivity index (χ1n) is 9.00. The zero-order valence-electron chi connectivity index (χ0n) is 16.3. The van der Waals surface area contributed by atoms with E-state index in [-0.39, 0.29) is 5.91 Å². The summed E-state index contributed by atoms with van der Waals surface area (Å²) in [5, 5.41) is 7.28. The summed E-state index contributed by atoms with van der Waals surface area (Å²) < 4.78 is 30.8. The van der Waals surface area contributed by atoms with Crippen LogP contribution in [0.2, 0.25) is 0 Å². The third kappa shape index (κ3) is 4.09. The number of aromatic nitrogens is 2. The van der Waals surface area contributed by atoms with E-state index in [2.05, 4.69) is 15.1 Å². The van der Waals surface area contributed by atoms with Crippen molar-refractivity contribution in [2.45, 2.75) is 43.8 Å². The number of thioether (sulfide) groups is 1. The fraction of sp³-hybridized carbons (Fsp3) is 0.444. The number of para-hydroxylation sites is 1. The van der Waals surface area contributed by atoms with Crippen molar-refractivity contribution in [3.8, 4) is 0 Å². The standard InChI is InChI=1S/C18H25N5O3S2/c1-5-23-11-13(12(2)20-23)15-10-16(22(3)28(25,26)21-15)18(24)19-14-8-6-7-9-17(14)27-4/h6-9,11,15-16,21H,5,10H2,1-4H3,(H,19,24)/t15-,16-/m0/s1. The largest absolute Gasteiger partial charge is 0.324 e. The molecule has 1 amide bonds. The maximum atomic E-state index is 13.0. The highest BCUT2D eigenvalue weighted by molar-refractivity contribution is 7.98. The van der Waals surface area contributed by atoms with Crippen LogP contribution in [0, 0.1) is 6.92 Å². The predicted molar refractivity (Wildman–Crippen MR) is 110 cm³/mol. The van der Waals surface area contributed by atoms with E-state index in [9.17, 15) is 13.2 Å². The zero-order valence-corrected chi connectivity index (χ0v) is 18.0. The molecule has 1 saturated heterocycles. The van der Waals surface area contributed by atoms with Crippen LogP contribution in [-0.2, 0) is 21.5 Å². The average molecular weight is 424 g/mol. The molecule has 2 atom stereocenters. The summed E-state index contributed by atoms with van der Waals surface area (Å²) in [5.74, 6) is -0.348. The third-order valence-corrected chi connectivity index (χ3v) is 7.31. The summed E-state index contributed by atoms with van der Waals surface area (Å²) in [5.41, 5.74) is 2.22. The Morgan fingerprint density at radius 3 is 2.75 bits per heavy atom. The molecule has 1 fully saturated rings. The molecule has 0 saturated carbocycles. The van der Waals surface area contributed by atoms with E-state index in [1.807, 2.05) is 50.6 Å². The number of nitrogens with one attached hydrogen (secondary N) is 2. The van der Waals surface area contributed by atoms with Crippen LogP contribution < -0.4 is 10.0 Å². The first kappa shape index (κ1) is 20.8. The van der Waals surface area contributed by atoms with Crippen LogP contribution in [0.3, 0.4) is 0 Å². The summed E-state index contributed by atoms with van der Waals surface area (Å²) in [7, 11) is -2.37. The van der Waals surface area contributed by atoms with Crippen molar-refractivity contribution in [2.24, 2.45) is 0 Å². The van der Waals surface area contributed by atoms with Crippen molar-refractivity contribution >= 4 is 33.6 Å². The second-order valence-corrected chi connectivity index (χ2v) is 9.27. The van der Waals surface area contributed by atoms with Gasteiger partial charge in [0.1, 0.15) is 6.04 Å². The van der Waals surface area contributed by atoms with E-state index >= 15 is 0 Å². The normalized spacial score (nSPS) is 22.1. The quantitative estimate of drug-likeness (QED) is 0.719. The maximum Gasteiger partial charge on any atom is 0.280 e. The molecule has 8 nitrogen and oxygen atoms in total. The van der Waals surface area contributed by atoms with E-state index in [4.69, 9.17) is 0 Å². The number of anilines is 1. The van der Waals surface area contributed by atoms with Gasteiger partial charge in [0.25, 0.3) is 10.2 Å². The fourth-order valence-corrected chi connectivity index (χ4v) is 5.13. The Balaban J connectivity index is 1.88. The third-order valence-electron chi connectivity index (χ3n) is 4.92. The molecular formula is C18H25N5O3S2. The summed E-state index contributed by atoms with van der Waals surface area (Å²) in [6, 6.07) is 6.13. The minimum atomic E-state index is -3.79. The zero-order chi connectivity index (χ0) is 20.5. The second kappa shape index (κ2) is 8.24. The summed E-state index contributed by atoms with van der Waals surface area (Å²) in [4.78, 5) is 13.9. The summed E-state index contributed by atoms with van der Waals surface area (Å²) >= 11 is 1.52. The van der Waals surface area contributed by atoms with Gasteiger partial charge in [0, 0.05) is 30.2 Å². The summed E-state index contributed by atoms with van der Waals surface area (Å²) in [6.07, 6.45) is 4.08. The molecular weight excluding hydrogens is 398 g/mol. The molecule has 1 aromatic carbocycles. The average Bonchev–Trinajstić information content (AvgIpc) is 3.05. The highest BCUT2D eigenvalue weighted by atomic mass is 32.2. The lowest BCUT2D eigenvalue weighted by atomic mass is 10.00. The Morgan fingerprint density at radius 2 is 2.11 bits per heavy atom. The summed E-state index contributed by atoms with van der Waals surface area (Å²) in [6.45, 7) is 4.50. The van der Waals surface area contributed by atoms with Crippen molar-refractivity contribution in [3.63, 3.8) is 0 Å². The number of rotatable bonds is 5. The van der Waals surface area contributed by atoms with Gasteiger partial charge < -0.3 is 5.32 Å². The first-order chi connectivity index (χ1) is 13.3. The van der Waals surface area contributed by atoms with Gasteiger partial charge in [-0.3, -0.25) is 9.48 Å². The van der Waals surface area contributed by atoms with Crippen molar-refractivity contribution in [2.75, 3.05) is 18.6 Å². The van der Waals surface area contributed by atoms with E-state index in [0.717, 1.165) is 20.5 Å². The molecule has 2 heterocycles. The Hall–Kier alpha value is -1.88. The van der Waals surface area contributed by atoms with Gasteiger partial charge in [-0.05, 0) is 38.7 Å². The topological polar surface area (TPSA) is 96.3 Å². The van der Waals surface area contributed by atoms with Crippen molar-refractivity contribution in [1.82, 2.24) is 18.8 Å². The van der Waals surface area contributed by atoms with Gasteiger partial charge in [-0.15, -0.1) is 11.8 Å². The van der Waals surface area contributed by atoms with Crippen molar-refractivity contribution in [1.29, 1.82) is 0 Å². The SMILES string of the molecule is CCn1cc([C@@H]2C[C@@H](C(=O)Nc3ccccc3SC)N(C)S(=O)(=O)N2)c(C)n1. The highest BCUT2D eigenvalue weighted by Crippen LogP contribution is 2.31. The first-order valence-corrected chi connectivity index (χ1v) is 11.7. The number of hydrogen-bond acceptors (Lipinski definition) is 5. The number of amides is 1. The van der Waals surface area contributed by atoms with Gasteiger partial charge >= 0.3 is 0 Å². The number of carbonyl (C=O) groups is 1. The Morgan fingerprint density at radius 1 is 1.39 bits per heavy atom. The number of likely N-dealkylation sites (N-methyl/N-ethyl adjacent to an activating group) is 1. The van der Waals surface area contributed by atoms with Gasteiger partial charge in [-0.2, -0.15) is 22.5 Å². The highest BCUT2D eigenvalue weighted by Gasteiger charge is 2.41. The molecule has 0 unspecified atom stereocenters. The lowest BCUT2D eigenvalue weighted by molar-refractivity contribution is -0.120. The Kier molecular flexibility index (Phi) is 6.13. The fourth-order valence-electron chi connectivity index (χ4n) is 3.31. The van der Waals surface area contributed by atoms with Crippen LogP contribution in [0.15, 0.2) is 35.4 Å². The lowest BCUT2D eigenvalue weighted by Gasteiger charge is -2.36. The molecule has 2 aromatic rings. The molecule has 3 rings (SSSR count). The number of aryl methyl sites for hydroxylation is 2. The Bertz CT molecular complexity index is 973. The molecule has 2 N–H and O–H groups in total. The molecule has 1 aliphatic rings. The minimum absolute atomic E-state index is 0.319. The predicted octanol–water partition coefficient (Wildman–Crippen LogP) is 2.15. The van der Waals surface area contributed by atoms with E-state index in [0.29, 0.717) is 18.7 Å². The van der Waals surface area contributed by atoms with Crippen LogP contribution in [0.5, 0.6) is 0 Å². The van der Waals surface area contributed by atoms with Gasteiger partial charge in [0.05, 0.1) is 17.4 Å².